The molecule has 2 saturated heterocycles. The van der Waals surface area contributed by atoms with Crippen LogP contribution in [0.1, 0.15) is 38.5 Å². The summed E-state index contributed by atoms with van der Waals surface area (Å²) in [6.07, 6.45) is 6.56. The summed E-state index contributed by atoms with van der Waals surface area (Å²) in [4.78, 5) is 25.4. The Morgan fingerprint density at radius 2 is 2.00 bits per heavy atom. The molecular formula is C15H22N4O2S. The molecule has 3 atom stereocenters. The molecule has 3 N–H and O–H groups in total. The van der Waals surface area contributed by atoms with Crippen LogP contribution in [0.2, 0.25) is 0 Å². The van der Waals surface area contributed by atoms with Crippen molar-refractivity contribution >= 4 is 29.3 Å². The second-order valence-electron chi connectivity index (χ2n) is 7.21. The minimum absolute atomic E-state index is 0.191. The summed E-state index contributed by atoms with van der Waals surface area (Å²) in [7, 11) is 0. The van der Waals surface area contributed by atoms with Crippen molar-refractivity contribution in [1.29, 1.82) is 0 Å². The minimum atomic E-state index is -0.713. The Morgan fingerprint density at radius 1 is 1.23 bits per heavy atom. The highest BCUT2D eigenvalue weighted by Gasteiger charge is 2.48. The maximum absolute atomic E-state index is 11.9. The Balaban J connectivity index is 1.33. The zero-order chi connectivity index (χ0) is 15.3. The van der Waals surface area contributed by atoms with Gasteiger partial charge in [0.15, 0.2) is 5.11 Å². The van der Waals surface area contributed by atoms with Crippen LogP contribution in [0, 0.1) is 11.8 Å². The Kier molecular flexibility index (Phi) is 3.29. The second kappa shape index (κ2) is 5.08. The maximum Gasteiger partial charge on any atom is 0.322 e. The third-order valence-electron chi connectivity index (χ3n) is 5.97. The molecule has 0 aromatic heterocycles. The molecule has 6 nitrogen and oxygen atoms in total. The van der Waals surface area contributed by atoms with Crippen LogP contribution >= 0.6 is 12.2 Å². The molecule has 2 saturated carbocycles. The maximum atomic E-state index is 11.9. The lowest BCUT2D eigenvalue weighted by Crippen LogP contribution is -2.58. The molecule has 0 radical (unpaired) electrons. The van der Waals surface area contributed by atoms with Crippen molar-refractivity contribution in [3.63, 3.8) is 0 Å². The zero-order valence-electron chi connectivity index (χ0n) is 12.6. The molecule has 4 aliphatic rings. The predicted octanol–water partition coefficient (Wildman–Crippen LogP) is 0.723. The van der Waals surface area contributed by atoms with Gasteiger partial charge in [0.1, 0.15) is 5.54 Å². The van der Waals surface area contributed by atoms with E-state index in [1.54, 1.807) is 0 Å². The van der Waals surface area contributed by atoms with Gasteiger partial charge in [-0.1, -0.05) is 6.42 Å². The van der Waals surface area contributed by atoms with Gasteiger partial charge in [0.05, 0.1) is 0 Å². The molecule has 4 fully saturated rings. The fourth-order valence-electron chi connectivity index (χ4n) is 4.64. The Hall–Kier alpha value is -1.37. The van der Waals surface area contributed by atoms with E-state index in [0.29, 0.717) is 32.0 Å². The summed E-state index contributed by atoms with van der Waals surface area (Å²) in [6.45, 7) is 1.42. The molecule has 4 rings (SSSR count). The first-order valence-corrected chi connectivity index (χ1v) is 8.66. The van der Waals surface area contributed by atoms with Gasteiger partial charge in [0, 0.05) is 19.1 Å². The number of piperidine rings is 1. The third kappa shape index (κ3) is 2.26. The van der Waals surface area contributed by atoms with Crippen molar-refractivity contribution in [1.82, 2.24) is 20.9 Å². The molecule has 3 unspecified atom stereocenters. The highest BCUT2D eigenvalue weighted by Crippen LogP contribution is 2.44. The normalized spacial score (nSPS) is 35.6. The minimum Gasteiger partial charge on any atom is -0.360 e. The Bertz CT molecular complexity index is 530. The number of imide groups is 1. The highest BCUT2D eigenvalue weighted by molar-refractivity contribution is 7.80. The van der Waals surface area contributed by atoms with Crippen LogP contribution in [0.4, 0.5) is 4.79 Å². The number of nitrogens with one attached hydrogen (secondary N) is 3. The van der Waals surface area contributed by atoms with Gasteiger partial charge in [-0.25, -0.2) is 4.79 Å². The molecule has 2 bridgehead atoms. The van der Waals surface area contributed by atoms with Crippen molar-refractivity contribution in [2.24, 2.45) is 11.8 Å². The van der Waals surface area contributed by atoms with Crippen molar-refractivity contribution in [2.75, 3.05) is 13.1 Å². The van der Waals surface area contributed by atoms with Crippen LogP contribution in [0.15, 0.2) is 0 Å². The van der Waals surface area contributed by atoms with Crippen LogP contribution in [-0.2, 0) is 4.79 Å². The fraction of sp³-hybridized carbons (Fsp3) is 0.800. The molecular weight excluding hydrogens is 300 g/mol. The molecule has 2 heterocycles. The summed E-state index contributed by atoms with van der Waals surface area (Å²) < 4.78 is 0. The van der Waals surface area contributed by atoms with Gasteiger partial charge in [-0.3, -0.25) is 10.1 Å². The van der Waals surface area contributed by atoms with E-state index in [1.165, 1.54) is 25.7 Å². The van der Waals surface area contributed by atoms with Gasteiger partial charge in [-0.15, -0.1) is 0 Å². The molecule has 7 heteroatoms. The number of nitrogens with zero attached hydrogens (tertiary/aromatic N) is 1. The lowest BCUT2D eigenvalue weighted by molar-refractivity contribution is -0.125. The first kappa shape index (κ1) is 14.2. The first-order chi connectivity index (χ1) is 10.6. The molecule has 0 aromatic carbocycles. The number of hydrogen-bond donors (Lipinski definition) is 3. The topological polar surface area (TPSA) is 73.5 Å². The molecule has 2 aliphatic carbocycles. The quantitative estimate of drug-likeness (QED) is 0.490. The smallest absolute Gasteiger partial charge is 0.322 e. The fourth-order valence-corrected chi connectivity index (χ4v) is 4.98. The summed E-state index contributed by atoms with van der Waals surface area (Å²) >= 11 is 5.57. The van der Waals surface area contributed by atoms with E-state index in [-0.39, 0.29) is 11.9 Å². The lowest BCUT2D eigenvalue weighted by Gasteiger charge is -2.39. The van der Waals surface area contributed by atoms with Crippen LogP contribution in [0.25, 0.3) is 0 Å². The van der Waals surface area contributed by atoms with Crippen molar-refractivity contribution in [3.8, 4) is 0 Å². The van der Waals surface area contributed by atoms with Gasteiger partial charge < -0.3 is 15.5 Å². The average Bonchev–Trinajstić information content (AvgIpc) is 3.16. The second-order valence-corrected chi connectivity index (χ2v) is 7.59. The third-order valence-corrected chi connectivity index (χ3v) is 6.34. The molecule has 2 aliphatic heterocycles. The summed E-state index contributed by atoms with van der Waals surface area (Å²) in [6, 6.07) is 0.165. The largest absolute Gasteiger partial charge is 0.360 e. The van der Waals surface area contributed by atoms with Crippen LogP contribution in [-0.4, -0.2) is 46.6 Å². The highest BCUT2D eigenvalue weighted by atomic mass is 32.1. The Labute approximate surface area is 135 Å². The van der Waals surface area contributed by atoms with Crippen LogP contribution < -0.4 is 16.0 Å². The van der Waals surface area contributed by atoms with E-state index >= 15 is 0 Å². The number of carbonyl (C=O) groups excluding carboxylic acids is 2. The molecule has 1 spiro atoms. The average molecular weight is 322 g/mol. The Morgan fingerprint density at radius 3 is 2.55 bits per heavy atom. The van der Waals surface area contributed by atoms with E-state index in [4.69, 9.17) is 12.2 Å². The van der Waals surface area contributed by atoms with E-state index in [2.05, 4.69) is 20.9 Å². The number of carbonyl (C=O) groups is 2. The molecule has 0 aromatic rings. The van der Waals surface area contributed by atoms with E-state index < -0.39 is 5.54 Å². The number of likely N-dealkylation sites (tertiary alicyclic amines) is 1. The van der Waals surface area contributed by atoms with E-state index in [1.807, 2.05) is 0 Å². The van der Waals surface area contributed by atoms with Gasteiger partial charge in [-0.05, 0) is 56.2 Å². The van der Waals surface area contributed by atoms with Crippen molar-refractivity contribution in [2.45, 2.75) is 50.1 Å². The first-order valence-electron chi connectivity index (χ1n) is 8.25. The molecule has 22 heavy (non-hydrogen) atoms. The van der Waals surface area contributed by atoms with E-state index in [0.717, 1.165) is 16.9 Å². The predicted molar refractivity (Wildman–Crippen MR) is 85.2 cm³/mol. The zero-order valence-corrected chi connectivity index (χ0v) is 13.4. The monoisotopic (exact) mass is 322 g/mol. The SMILES string of the molecule is O=C1NC(=O)C2(CCN(C(=S)NC3CC4CCC3C4)CC2)N1. The van der Waals surface area contributed by atoms with Gasteiger partial charge >= 0.3 is 6.03 Å². The number of thiocarbonyl (C=S) groups is 1. The number of hydrogen-bond acceptors (Lipinski definition) is 3. The van der Waals surface area contributed by atoms with Gasteiger partial charge in [0.2, 0.25) is 0 Å². The molecule has 3 amide bonds. The lowest BCUT2D eigenvalue weighted by atomic mass is 9.88. The van der Waals surface area contributed by atoms with Crippen molar-refractivity contribution in [3.05, 3.63) is 0 Å². The van der Waals surface area contributed by atoms with Gasteiger partial charge in [-0.2, -0.15) is 0 Å². The number of urea groups is 1. The number of rotatable bonds is 1. The van der Waals surface area contributed by atoms with Crippen molar-refractivity contribution < 1.29 is 9.59 Å². The molecule has 120 valence electrons. The standard InChI is InChI=1S/C15H22N4O2S/c20-12-15(18-13(21)17-12)3-5-19(6-4-15)14(22)16-11-8-9-1-2-10(11)7-9/h9-11H,1-8H2,(H,16,22)(H2,17,18,20,21). The van der Waals surface area contributed by atoms with Crippen LogP contribution in [0.3, 0.4) is 0 Å². The summed E-state index contributed by atoms with van der Waals surface area (Å²) in [5.41, 5.74) is -0.713. The van der Waals surface area contributed by atoms with Crippen LogP contribution in [0.5, 0.6) is 0 Å². The summed E-state index contributed by atoms with van der Waals surface area (Å²) in [5.74, 6) is 1.50. The number of fused-ring (bicyclic) bond motifs is 2. The van der Waals surface area contributed by atoms with Gasteiger partial charge in [0.25, 0.3) is 5.91 Å². The van der Waals surface area contributed by atoms with E-state index in [9.17, 15) is 9.59 Å². The number of amides is 3. The summed E-state index contributed by atoms with van der Waals surface area (Å²) in [5, 5.41) is 9.49.